The van der Waals surface area contributed by atoms with Gasteiger partial charge >= 0.3 is 6.09 Å². The molecule has 2 aromatic rings. The molecular formula is C17H22N4O4. The number of benzene rings is 1. The number of aromatic nitrogens is 2. The average Bonchev–Trinajstić information content (AvgIpc) is 2.96. The molecule has 0 radical (unpaired) electrons. The van der Waals surface area contributed by atoms with E-state index in [4.69, 9.17) is 4.74 Å². The zero-order valence-corrected chi connectivity index (χ0v) is 14.6. The Morgan fingerprint density at radius 3 is 2.60 bits per heavy atom. The zero-order chi connectivity index (χ0) is 18.2. The molecule has 0 unspecified atom stereocenters. The van der Waals surface area contributed by atoms with E-state index < -0.39 is 10.5 Å². The number of non-ortho nitro benzene ring substituents is 1. The molecule has 0 aliphatic carbocycles. The minimum Gasteiger partial charge on any atom is -0.444 e. The first-order valence-electron chi connectivity index (χ1n) is 8.33. The fourth-order valence-corrected chi connectivity index (χ4v) is 3.08. The summed E-state index contributed by atoms with van der Waals surface area (Å²) >= 11 is 0. The third-order valence-corrected chi connectivity index (χ3v) is 4.28. The van der Waals surface area contributed by atoms with Crippen LogP contribution in [0.3, 0.4) is 0 Å². The molecule has 3 rings (SSSR count). The van der Waals surface area contributed by atoms with E-state index in [9.17, 15) is 14.9 Å². The van der Waals surface area contributed by atoms with Crippen molar-refractivity contribution in [1.82, 2.24) is 14.5 Å². The molecular weight excluding hydrogens is 324 g/mol. The van der Waals surface area contributed by atoms with Gasteiger partial charge in [0.15, 0.2) is 0 Å². The molecule has 1 aliphatic rings. The van der Waals surface area contributed by atoms with E-state index in [0.29, 0.717) is 18.6 Å². The third-order valence-electron chi connectivity index (χ3n) is 4.28. The van der Waals surface area contributed by atoms with Crippen LogP contribution in [-0.2, 0) is 4.74 Å². The van der Waals surface area contributed by atoms with Crippen LogP contribution in [0.4, 0.5) is 10.5 Å². The average molecular weight is 346 g/mol. The van der Waals surface area contributed by atoms with E-state index in [2.05, 4.69) is 4.98 Å². The van der Waals surface area contributed by atoms with Gasteiger partial charge in [0.2, 0.25) is 0 Å². The normalized spacial score (nSPS) is 16.2. The van der Waals surface area contributed by atoms with Gasteiger partial charge in [-0.05, 0) is 39.7 Å². The van der Waals surface area contributed by atoms with Crippen molar-refractivity contribution in [2.24, 2.45) is 0 Å². The van der Waals surface area contributed by atoms with Gasteiger partial charge in [-0.1, -0.05) is 0 Å². The van der Waals surface area contributed by atoms with Crippen molar-refractivity contribution in [3.8, 4) is 0 Å². The van der Waals surface area contributed by atoms with Gasteiger partial charge < -0.3 is 14.2 Å². The van der Waals surface area contributed by atoms with Crippen molar-refractivity contribution in [3.05, 3.63) is 34.6 Å². The van der Waals surface area contributed by atoms with Gasteiger partial charge in [-0.2, -0.15) is 0 Å². The molecule has 2 heterocycles. The highest BCUT2D eigenvalue weighted by molar-refractivity contribution is 5.78. The third kappa shape index (κ3) is 3.72. The number of carbonyl (C=O) groups excluding carboxylic acids is 1. The topological polar surface area (TPSA) is 90.5 Å². The summed E-state index contributed by atoms with van der Waals surface area (Å²) < 4.78 is 7.46. The van der Waals surface area contributed by atoms with Gasteiger partial charge in [0.25, 0.3) is 5.69 Å². The van der Waals surface area contributed by atoms with Gasteiger partial charge in [0.05, 0.1) is 22.3 Å². The molecule has 1 aliphatic heterocycles. The lowest BCUT2D eigenvalue weighted by atomic mass is 10.0. The van der Waals surface area contributed by atoms with E-state index in [-0.39, 0.29) is 17.8 Å². The van der Waals surface area contributed by atoms with Crippen molar-refractivity contribution >= 4 is 22.8 Å². The molecule has 1 aromatic heterocycles. The summed E-state index contributed by atoms with van der Waals surface area (Å²) in [4.78, 5) is 28.6. The first-order chi connectivity index (χ1) is 11.7. The summed E-state index contributed by atoms with van der Waals surface area (Å²) in [5.41, 5.74) is 1.03. The number of amides is 1. The van der Waals surface area contributed by atoms with Crippen LogP contribution in [0.15, 0.2) is 24.5 Å². The number of rotatable bonds is 2. The molecule has 1 fully saturated rings. The molecule has 1 amide bonds. The predicted octanol–water partition coefficient (Wildman–Crippen LogP) is 3.52. The number of likely N-dealkylation sites (tertiary alicyclic amines) is 1. The van der Waals surface area contributed by atoms with E-state index in [0.717, 1.165) is 18.4 Å². The lowest BCUT2D eigenvalue weighted by molar-refractivity contribution is -0.384. The molecule has 0 N–H and O–H groups in total. The highest BCUT2D eigenvalue weighted by Crippen LogP contribution is 2.28. The second-order valence-electron chi connectivity index (χ2n) is 7.28. The first-order valence-corrected chi connectivity index (χ1v) is 8.33. The molecule has 134 valence electrons. The van der Waals surface area contributed by atoms with E-state index in [1.165, 1.54) is 12.1 Å². The lowest BCUT2D eigenvalue weighted by Crippen LogP contribution is -2.42. The van der Waals surface area contributed by atoms with Gasteiger partial charge in [0.1, 0.15) is 5.60 Å². The fourth-order valence-electron chi connectivity index (χ4n) is 3.08. The Bertz CT molecular complexity index is 801. The Hall–Kier alpha value is -2.64. The van der Waals surface area contributed by atoms with Crippen molar-refractivity contribution in [1.29, 1.82) is 0 Å². The smallest absolute Gasteiger partial charge is 0.410 e. The SMILES string of the molecule is CC(C)(C)OC(=O)N1CCC(n2cnc3cc([N+](=O)[O-])ccc32)CC1. The number of hydrogen-bond acceptors (Lipinski definition) is 5. The fraction of sp³-hybridized carbons (Fsp3) is 0.529. The summed E-state index contributed by atoms with van der Waals surface area (Å²) in [6.07, 6.45) is 3.03. The van der Waals surface area contributed by atoms with Crippen LogP contribution in [0.25, 0.3) is 11.0 Å². The molecule has 1 aromatic carbocycles. The molecule has 0 atom stereocenters. The van der Waals surface area contributed by atoms with Gasteiger partial charge in [-0.25, -0.2) is 9.78 Å². The lowest BCUT2D eigenvalue weighted by Gasteiger charge is -2.34. The number of nitro groups is 1. The minimum atomic E-state index is -0.497. The van der Waals surface area contributed by atoms with Gasteiger partial charge in [-0.3, -0.25) is 10.1 Å². The molecule has 1 saturated heterocycles. The summed E-state index contributed by atoms with van der Waals surface area (Å²) in [7, 11) is 0. The van der Waals surface area contributed by atoms with Gasteiger partial charge in [0, 0.05) is 31.3 Å². The molecule has 0 spiro atoms. The van der Waals surface area contributed by atoms with E-state index >= 15 is 0 Å². The maximum absolute atomic E-state index is 12.1. The maximum atomic E-state index is 12.1. The van der Waals surface area contributed by atoms with Crippen LogP contribution in [0.2, 0.25) is 0 Å². The van der Waals surface area contributed by atoms with Crippen LogP contribution in [0.5, 0.6) is 0 Å². The molecule has 8 nitrogen and oxygen atoms in total. The summed E-state index contributed by atoms with van der Waals surface area (Å²) in [6, 6.07) is 4.93. The number of fused-ring (bicyclic) bond motifs is 1. The van der Waals surface area contributed by atoms with Crippen LogP contribution >= 0.6 is 0 Å². The Labute approximate surface area is 145 Å². The first kappa shape index (κ1) is 17.2. The van der Waals surface area contributed by atoms with Crippen molar-refractivity contribution < 1.29 is 14.5 Å². The second-order valence-corrected chi connectivity index (χ2v) is 7.28. The number of nitrogens with zero attached hydrogens (tertiary/aromatic N) is 4. The minimum absolute atomic E-state index is 0.0393. The quantitative estimate of drug-likeness (QED) is 0.613. The predicted molar refractivity (Wildman–Crippen MR) is 92.5 cm³/mol. The molecule has 0 bridgehead atoms. The Morgan fingerprint density at radius 2 is 2.00 bits per heavy atom. The standard InChI is InChI=1S/C17H22N4O4/c1-17(2,3)25-16(22)19-8-6-12(7-9-19)20-11-18-14-10-13(21(23)24)4-5-15(14)20/h4-5,10-12H,6-9H2,1-3H3. The van der Waals surface area contributed by atoms with E-state index in [1.807, 2.05) is 25.3 Å². The number of carbonyl (C=O) groups is 1. The van der Waals surface area contributed by atoms with Crippen LogP contribution in [0.1, 0.15) is 39.7 Å². The molecule has 25 heavy (non-hydrogen) atoms. The molecule has 0 saturated carbocycles. The summed E-state index contributed by atoms with van der Waals surface area (Å²) in [6.45, 7) is 6.80. The summed E-state index contributed by atoms with van der Waals surface area (Å²) in [5.74, 6) is 0. The van der Waals surface area contributed by atoms with Gasteiger partial charge in [-0.15, -0.1) is 0 Å². The number of imidazole rings is 1. The zero-order valence-electron chi connectivity index (χ0n) is 14.6. The largest absolute Gasteiger partial charge is 0.444 e. The highest BCUT2D eigenvalue weighted by Gasteiger charge is 2.28. The van der Waals surface area contributed by atoms with E-state index in [1.54, 1.807) is 17.3 Å². The maximum Gasteiger partial charge on any atom is 0.410 e. The van der Waals surface area contributed by atoms with Crippen molar-refractivity contribution in [3.63, 3.8) is 0 Å². The Morgan fingerprint density at radius 1 is 1.32 bits per heavy atom. The van der Waals surface area contributed by atoms with Crippen molar-refractivity contribution in [2.45, 2.75) is 45.3 Å². The Kier molecular flexibility index (Phi) is 4.36. The van der Waals surface area contributed by atoms with Crippen LogP contribution < -0.4 is 0 Å². The number of piperidine rings is 1. The highest BCUT2D eigenvalue weighted by atomic mass is 16.6. The monoisotopic (exact) mass is 346 g/mol. The summed E-state index contributed by atoms with van der Waals surface area (Å²) in [5, 5.41) is 10.9. The van der Waals surface area contributed by atoms with Crippen molar-refractivity contribution in [2.75, 3.05) is 13.1 Å². The van der Waals surface area contributed by atoms with Crippen LogP contribution in [0, 0.1) is 10.1 Å². The molecule has 8 heteroatoms. The van der Waals surface area contributed by atoms with Crippen LogP contribution in [-0.4, -0.2) is 44.2 Å². The number of ether oxygens (including phenoxy) is 1. The number of hydrogen-bond donors (Lipinski definition) is 0. The number of nitro benzene ring substituents is 1. The second kappa shape index (κ2) is 6.34. The Balaban J connectivity index is 1.70.